The summed E-state index contributed by atoms with van der Waals surface area (Å²) in [6.07, 6.45) is 0. The maximum atomic E-state index is 11.6. The van der Waals surface area contributed by atoms with Crippen molar-refractivity contribution < 1.29 is 14.1 Å². The molecular weight excluding hydrogens is 264 g/mol. The topological polar surface area (TPSA) is 109 Å². The van der Waals surface area contributed by atoms with Crippen molar-refractivity contribution in [3.05, 3.63) is 17.5 Å². The first kappa shape index (κ1) is 14.1. The van der Waals surface area contributed by atoms with Crippen molar-refractivity contribution in [2.75, 3.05) is 6.61 Å². The number of esters is 1. The van der Waals surface area contributed by atoms with Gasteiger partial charge in [-0.1, -0.05) is 25.9 Å². The molecule has 108 valence electrons. The third-order valence-corrected chi connectivity index (χ3v) is 2.41. The monoisotopic (exact) mass is 280 g/mol. The minimum absolute atomic E-state index is 0.00218. The van der Waals surface area contributed by atoms with E-state index in [9.17, 15) is 4.79 Å². The predicted molar refractivity (Wildman–Crippen MR) is 65.9 cm³/mol. The number of carbonyl (C=O) groups excluding carboxylic acids is 1. The number of hydrogen-bond acceptors (Lipinski definition) is 8. The summed E-state index contributed by atoms with van der Waals surface area (Å²) in [6.45, 7) is 8.00. The summed E-state index contributed by atoms with van der Waals surface area (Å²) in [5, 5.41) is 14.7. The fourth-order valence-electron chi connectivity index (χ4n) is 1.40. The number of nitrogens with zero attached hydrogens (tertiary/aromatic N) is 6. The zero-order valence-corrected chi connectivity index (χ0v) is 11.8. The first-order chi connectivity index (χ1) is 9.41. The van der Waals surface area contributed by atoms with Crippen LogP contribution in [0.25, 0.3) is 0 Å². The van der Waals surface area contributed by atoms with Gasteiger partial charge in [-0.3, -0.25) is 0 Å². The van der Waals surface area contributed by atoms with Gasteiger partial charge in [0, 0.05) is 5.41 Å². The van der Waals surface area contributed by atoms with Gasteiger partial charge in [0.15, 0.2) is 5.82 Å². The van der Waals surface area contributed by atoms with Crippen LogP contribution in [0, 0.1) is 0 Å². The zero-order valence-electron chi connectivity index (χ0n) is 11.8. The highest BCUT2D eigenvalue weighted by molar-refractivity contribution is 5.85. The molecular formula is C11H16N6O3. The van der Waals surface area contributed by atoms with Crippen LogP contribution in [0.3, 0.4) is 0 Å². The van der Waals surface area contributed by atoms with Gasteiger partial charge in [-0.05, 0) is 17.4 Å². The summed E-state index contributed by atoms with van der Waals surface area (Å²) in [5.74, 6) is 0.321. The van der Waals surface area contributed by atoms with Gasteiger partial charge in [-0.2, -0.15) is 4.98 Å². The Morgan fingerprint density at radius 1 is 1.40 bits per heavy atom. The van der Waals surface area contributed by atoms with Crippen LogP contribution in [0.5, 0.6) is 0 Å². The molecule has 0 radical (unpaired) electrons. The lowest BCUT2D eigenvalue weighted by Gasteiger charge is -2.10. The highest BCUT2D eigenvalue weighted by Gasteiger charge is 2.23. The Morgan fingerprint density at radius 3 is 2.75 bits per heavy atom. The van der Waals surface area contributed by atoms with E-state index in [4.69, 9.17) is 9.26 Å². The van der Waals surface area contributed by atoms with Crippen LogP contribution in [0.1, 0.15) is 50.0 Å². The van der Waals surface area contributed by atoms with Gasteiger partial charge in [0.05, 0.1) is 6.61 Å². The number of carbonyl (C=O) groups is 1. The molecule has 0 saturated carbocycles. The summed E-state index contributed by atoms with van der Waals surface area (Å²) in [7, 11) is 0. The smallest absolute Gasteiger partial charge is 0.378 e. The number of tetrazole rings is 1. The molecule has 2 aromatic rings. The summed E-state index contributed by atoms with van der Waals surface area (Å²) in [6, 6.07) is 0. The Kier molecular flexibility index (Phi) is 3.77. The lowest BCUT2D eigenvalue weighted by Crippen LogP contribution is -2.16. The van der Waals surface area contributed by atoms with Gasteiger partial charge in [-0.15, -0.1) is 5.10 Å². The molecule has 0 N–H and O–H groups in total. The lowest BCUT2D eigenvalue weighted by molar-refractivity contribution is 0.0504. The van der Waals surface area contributed by atoms with E-state index in [1.54, 1.807) is 6.92 Å². The first-order valence-electron chi connectivity index (χ1n) is 6.18. The van der Waals surface area contributed by atoms with Gasteiger partial charge in [0.1, 0.15) is 6.54 Å². The van der Waals surface area contributed by atoms with Crippen molar-refractivity contribution in [3.8, 4) is 0 Å². The van der Waals surface area contributed by atoms with Gasteiger partial charge in [0.2, 0.25) is 5.89 Å². The average Bonchev–Trinajstić information content (AvgIpc) is 2.98. The molecule has 9 heteroatoms. The molecule has 0 aliphatic rings. The van der Waals surface area contributed by atoms with Crippen LogP contribution < -0.4 is 0 Å². The molecule has 0 fully saturated rings. The van der Waals surface area contributed by atoms with Gasteiger partial charge >= 0.3 is 5.97 Å². The Morgan fingerprint density at radius 2 is 2.15 bits per heavy atom. The van der Waals surface area contributed by atoms with E-state index in [1.807, 2.05) is 20.8 Å². The Hall–Kier alpha value is -2.32. The second kappa shape index (κ2) is 5.35. The van der Waals surface area contributed by atoms with Gasteiger partial charge in [-0.25, -0.2) is 9.48 Å². The van der Waals surface area contributed by atoms with Crippen LogP contribution in [0.15, 0.2) is 4.52 Å². The third kappa shape index (κ3) is 2.98. The maximum absolute atomic E-state index is 11.6. The van der Waals surface area contributed by atoms with E-state index < -0.39 is 5.97 Å². The molecule has 20 heavy (non-hydrogen) atoms. The van der Waals surface area contributed by atoms with Crippen LogP contribution in [0.2, 0.25) is 0 Å². The number of rotatable bonds is 4. The molecule has 0 aromatic carbocycles. The standard InChI is InChI=1S/C11H16N6O3/c1-5-19-9(18)8-13-15-16-17(8)6-7-12-10(14-20-7)11(2,3)4/h5-6H2,1-4H3. The number of hydrogen-bond donors (Lipinski definition) is 0. The van der Waals surface area contributed by atoms with Crippen molar-refractivity contribution in [2.45, 2.75) is 39.7 Å². The van der Waals surface area contributed by atoms with Crippen LogP contribution in [0.4, 0.5) is 0 Å². The van der Waals surface area contributed by atoms with E-state index in [1.165, 1.54) is 4.68 Å². The number of aromatic nitrogens is 6. The quantitative estimate of drug-likeness (QED) is 0.748. The third-order valence-electron chi connectivity index (χ3n) is 2.41. The molecule has 2 heterocycles. The zero-order chi connectivity index (χ0) is 14.8. The Bertz CT molecular complexity index is 597. The molecule has 2 rings (SSSR count). The van der Waals surface area contributed by atoms with Crippen molar-refractivity contribution in [1.29, 1.82) is 0 Å². The van der Waals surface area contributed by atoms with E-state index in [0.717, 1.165) is 0 Å². The van der Waals surface area contributed by atoms with E-state index in [0.29, 0.717) is 11.7 Å². The summed E-state index contributed by atoms with van der Waals surface area (Å²) in [5.41, 5.74) is -0.216. The highest BCUT2D eigenvalue weighted by atomic mass is 16.5. The van der Waals surface area contributed by atoms with Crippen molar-refractivity contribution in [2.24, 2.45) is 0 Å². The largest absolute Gasteiger partial charge is 0.460 e. The normalized spacial score (nSPS) is 11.6. The minimum Gasteiger partial charge on any atom is -0.460 e. The SMILES string of the molecule is CCOC(=O)c1nnnn1Cc1nc(C(C)(C)C)no1. The minimum atomic E-state index is -0.590. The maximum Gasteiger partial charge on any atom is 0.378 e. The van der Waals surface area contributed by atoms with Crippen molar-refractivity contribution in [3.63, 3.8) is 0 Å². The molecule has 0 unspecified atom stereocenters. The molecule has 0 atom stereocenters. The molecule has 0 amide bonds. The van der Waals surface area contributed by atoms with E-state index in [-0.39, 0.29) is 24.4 Å². The first-order valence-corrected chi connectivity index (χ1v) is 6.18. The molecule has 0 saturated heterocycles. The summed E-state index contributed by atoms with van der Waals surface area (Å²) in [4.78, 5) is 15.9. The van der Waals surface area contributed by atoms with E-state index >= 15 is 0 Å². The highest BCUT2D eigenvalue weighted by Crippen LogP contribution is 2.18. The van der Waals surface area contributed by atoms with Crippen LogP contribution >= 0.6 is 0 Å². The summed E-state index contributed by atoms with van der Waals surface area (Å²) >= 11 is 0. The van der Waals surface area contributed by atoms with Crippen molar-refractivity contribution >= 4 is 5.97 Å². The average molecular weight is 280 g/mol. The lowest BCUT2D eigenvalue weighted by atomic mass is 9.96. The molecule has 0 aliphatic carbocycles. The Labute approximate surface area is 115 Å². The molecule has 0 bridgehead atoms. The van der Waals surface area contributed by atoms with Gasteiger partial charge < -0.3 is 9.26 Å². The second-order valence-corrected chi connectivity index (χ2v) is 5.14. The Balaban J connectivity index is 2.17. The predicted octanol–water partition coefficient (Wildman–Crippen LogP) is 0.579. The van der Waals surface area contributed by atoms with Crippen molar-refractivity contribution in [1.82, 2.24) is 30.3 Å². The molecule has 0 aliphatic heterocycles. The number of ether oxygens (including phenoxy) is 1. The van der Waals surface area contributed by atoms with Gasteiger partial charge in [0.25, 0.3) is 5.82 Å². The second-order valence-electron chi connectivity index (χ2n) is 5.14. The van der Waals surface area contributed by atoms with E-state index in [2.05, 4.69) is 25.7 Å². The molecule has 0 spiro atoms. The van der Waals surface area contributed by atoms with Crippen LogP contribution in [-0.4, -0.2) is 42.9 Å². The van der Waals surface area contributed by atoms with Crippen LogP contribution in [-0.2, 0) is 16.7 Å². The molecule has 9 nitrogen and oxygen atoms in total. The fraction of sp³-hybridized carbons (Fsp3) is 0.636. The summed E-state index contributed by atoms with van der Waals surface area (Å²) < 4.78 is 11.2. The molecule has 2 aromatic heterocycles. The fourth-order valence-corrected chi connectivity index (χ4v) is 1.40.